The van der Waals surface area contributed by atoms with E-state index in [0.717, 1.165) is 65.2 Å². The van der Waals surface area contributed by atoms with E-state index in [0.29, 0.717) is 50.3 Å². The van der Waals surface area contributed by atoms with Crippen molar-refractivity contribution in [3.05, 3.63) is 108 Å². The predicted octanol–water partition coefficient (Wildman–Crippen LogP) is 3.81. The number of nitrogens with zero attached hydrogens (tertiary/aromatic N) is 3. The Kier molecular flexibility index (Phi) is 12.5. The third-order valence-corrected chi connectivity index (χ3v) is 12.0. The van der Waals surface area contributed by atoms with Crippen molar-refractivity contribution in [2.45, 2.75) is 11.1 Å². The van der Waals surface area contributed by atoms with E-state index >= 15 is 0 Å². The first-order chi connectivity index (χ1) is 29.9. The average Bonchev–Trinajstić information content (AvgIpc) is 3.51. The molecule has 0 spiro atoms. The monoisotopic (exact) mass is 863 g/mol. The maximum atomic E-state index is 13.2. The average molecular weight is 864 g/mol. The van der Waals surface area contributed by atoms with Gasteiger partial charge in [-0.3, -0.25) is 34.7 Å². The molecular weight excluding hydrogens is 819 g/mol. The van der Waals surface area contributed by atoms with Crippen molar-refractivity contribution in [1.29, 1.82) is 0 Å². The number of hydrogen-bond acceptors (Lipinski definition) is 14. The zero-order chi connectivity index (χ0) is 43.4. The highest BCUT2D eigenvalue weighted by atomic mass is 32.2. The smallest absolute Gasteiger partial charge is 0.264 e. The van der Waals surface area contributed by atoms with Crippen molar-refractivity contribution < 1.29 is 51.6 Å². The van der Waals surface area contributed by atoms with Crippen LogP contribution >= 0.6 is 0 Å². The first kappa shape index (κ1) is 42.3. The number of ether oxygens (including phenoxy) is 4. The van der Waals surface area contributed by atoms with E-state index in [1.807, 2.05) is 30.3 Å². The zero-order valence-corrected chi connectivity index (χ0v) is 34.7. The molecule has 0 radical (unpaired) electrons. The summed E-state index contributed by atoms with van der Waals surface area (Å²) < 4.78 is 47.9. The van der Waals surface area contributed by atoms with Gasteiger partial charge < -0.3 is 29.0 Å². The summed E-state index contributed by atoms with van der Waals surface area (Å²) in [4.78, 5) is 55.6. The van der Waals surface area contributed by atoms with E-state index in [-0.39, 0.29) is 28.3 Å². The lowest BCUT2D eigenvalue weighted by atomic mass is 9.99. The number of rotatable bonds is 16. The van der Waals surface area contributed by atoms with Gasteiger partial charge in [-0.15, -0.1) is 0 Å². The number of anilines is 1. The van der Waals surface area contributed by atoms with E-state index in [4.69, 9.17) is 18.9 Å². The number of fused-ring (bicyclic) bond motifs is 2. The summed E-state index contributed by atoms with van der Waals surface area (Å²) in [6.45, 7) is 5.74. The largest absolute Gasteiger partial charge is 0.508 e. The summed E-state index contributed by atoms with van der Waals surface area (Å²) in [5, 5.41) is 16.5. The van der Waals surface area contributed by atoms with Gasteiger partial charge >= 0.3 is 0 Å². The summed E-state index contributed by atoms with van der Waals surface area (Å²) >= 11 is 0. The second kappa shape index (κ2) is 18.3. The Morgan fingerprint density at radius 3 is 2.11 bits per heavy atom. The minimum Gasteiger partial charge on any atom is -0.508 e. The highest BCUT2D eigenvalue weighted by molar-refractivity contribution is 7.90. The number of nitrogens with one attached hydrogen (secondary N) is 2. The quantitative estimate of drug-likeness (QED) is 0.0958. The Bertz CT molecular complexity index is 2610. The van der Waals surface area contributed by atoms with E-state index < -0.39 is 39.6 Å². The van der Waals surface area contributed by atoms with Crippen LogP contribution in [0.25, 0.3) is 21.9 Å². The second-order valence-electron chi connectivity index (χ2n) is 15.0. The molecule has 2 fully saturated rings. The third-order valence-electron chi connectivity index (χ3n) is 10.9. The molecule has 1 atom stereocenters. The predicted molar refractivity (Wildman–Crippen MR) is 228 cm³/mol. The van der Waals surface area contributed by atoms with Crippen LogP contribution in [0.15, 0.2) is 102 Å². The lowest BCUT2D eigenvalue weighted by molar-refractivity contribution is -0.136. The molecule has 5 aromatic carbocycles. The highest BCUT2D eigenvalue weighted by Crippen LogP contribution is 2.41. The minimum absolute atomic E-state index is 0.134. The zero-order valence-electron chi connectivity index (χ0n) is 33.9. The summed E-state index contributed by atoms with van der Waals surface area (Å²) in [6, 6.07) is 27.8. The van der Waals surface area contributed by atoms with Gasteiger partial charge in [0.15, 0.2) is 16.0 Å². The molecule has 0 saturated carbocycles. The van der Waals surface area contributed by atoms with Crippen LogP contribution in [-0.4, -0.2) is 132 Å². The highest BCUT2D eigenvalue weighted by Gasteiger charge is 2.45. The number of benzene rings is 5. The summed E-state index contributed by atoms with van der Waals surface area (Å²) in [7, 11) is -3.35. The molecular formula is C45H45N5O11S. The van der Waals surface area contributed by atoms with Crippen molar-refractivity contribution in [2.24, 2.45) is 0 Å². The molecule has 0 aliphatic carbocycles. The minimum atomic E-state index is -3.35. The van der Waals surface area contributed by atoms with Crippen LogP contribution < -0.4 is 25.0 Å². The lowest BCUT2D eigenvalue weighted by Crippen LogP contribution is -2.64. The molecule has 2 saturated heterocycles. The van der Waals surface area contributed by atoms with Gasteiger partial charge in [0.2, 0.25) is 5.91 Å². The van der Waals surface area contributed by atoms with E-state index in [9.17, 15) is 32.7 Å². The normalized spacial score (nSPS) is 17.1. The van der Waals surface area contributed by atoms with Crippen molar-refractivity contribution >= 4 is 49.9 Å². The number of carbonyl (C=O) groups excluding carboxylic acids is 4. The molecule has 62 heavy (non-hydrogen) atoms. The van der Waals surface area contributed by atoms with Crippen molar-refractivity contribution in [1.82, 2.24) is 20.4 Å². The van der Waals surface area contributed by atoms with Gasteiger partial charge in [-0.05, 0) is 89.8 Å². The van der Waals surface area contributed by atoms with Crippen LogP contribution in [0.1, 0.15) is 20.7 Å². The van der Waals surface area contributed by atoms with Crippen LogP contribution in [0.5, 0.6) is 23.0 Å². The van der Waals surface area contributed by atoms with Gasteiger partial charge in [-0.1, -0.05) is 18.2 Å². The fourth-order valence-corrected chi connectivity index (χ4v) is 8.24. The standard InChI is InChI=1S/C45H45N5O11S/c1-62(56,57)35-11-2-29(3-12-35)36-13-4-30-26-32(51)6-15-37(30)41(36)61-34-9-7-33(8-10-34)60-25-24-59-23-22-58-21-20-48-16-18-49(19-17-48)31-5-14-38-39(27-31)45(55)50(44(38)54)42-43(53)47-40(52)28-46-42/h2-15,26-27,42,46,51H,16-25,28H2,1H3,(H,47,52,53). The fourth-order valence-electron chi connectivity index (χ4n) is 7.61. The maximum absolute atomic E-state index is 13.2. The van der Waals surface area contributed by atoms with Gasteiger partial charge in [0, 0.05) is 55.6 Å². The first-order valence-corrected chi connectivity index (χ1v) is 22.0. The third kappa shape index (κ3) is 9.41. The Balaban J connectivity index is 0.734. The number of phenolic OH excluding ortho intramolecular Hbond substituents is 1. The fraction of sp³-hybridized carbons (Fsp3) is 0.289. The number of amides is 4. The Hall–Kier alpha value is -6.37. The molecule has 4 amide bonds. The van der Waals surface area contributed by atoms with Gasteiger partial charge in [0.1, 0.15) is 29.6 Å². The number of sulfone groups is 1. The molecule has 16 nitrogen and oxygen atoms in total. The lowest BCUT2D eigenvalue weighted by Gasteiger charge is -2.36. The Morgan fingerprint density at radius 2 is 1.39 bits per heavy atom. The molecule has 322 valence electrons. The molecule has 3 aliphatic heterocycles. The summed E-state index contributed by atoms with van der Waals surface area (Å²) in [6.07, 6.45) is -0.0679. The van der Waals surface area contributed by atoms with Crippen molar-refractivity contribution in [2.75, 3.05) is 83.5 Å². The van der Waals surface area contributed by atoms with Gasteiger partial charge in [-0.25, -0.2) is 13.3 Å². The molecule has 0 aromatic heterocycles. The van der Waals surface area contributed by atoms with Gasteiger partial charge in [0.25, 0.3) is 17.7 Å². The summed E-state index contributed by atoms with van der Waals surface area (Å²) in [5.74, 6) is -0.490. The van der Waals surface area contributed by atoms with Crippen LogP contribution in [0.4, 0.5) is 5.69 Å². The molecule has 3 heterocycles. The number of carbonyl (C=O) groups is 4. The van der Waals surface area contributed by atoms with E-state index in [1.165, 1.54) is 6.26 Å². The number of phenols is 1. The molecule has 3 N–H and O–H groups in total. The van der Waals surface area contributed by atoms with Gasteiger partial charge in [-0.2, -0.15) is 0 Å². The van der Waals surface area contributed by atoms with Gasteiger partial charge in [0.05, 0.1) is 49.0 Å². The number of piperazine rings is 2. The van der Waals surface area contributed by atoms with Crippen molar-refractivity contribution in [3.8, 4) is 34.1 Å². The summed E-state index contributed by atoms with van der Waals surface area (Å²) in [5.41, 5.74) is 2.83. The molecule has 5 aromatic rings. The molecule has 3 aliphatic rings. The first-order valence-electron chi connectivity index (χ1n) is 20.1. The number of aromatic hydroxyl groups is 1. The molecule has 0 bridgehead atoms. The molecule has 17 heteroatoms. The second-order valence-corrected chi connectivity index (χ2v) is 17.0. The maximum Gasteiger partial charge on any atom is 0.264 e. The van der Waals surface area contributed by atoms with E-state index in [1.54, 1.807) is 66.7 Å². The van der Waals surface area contributed by atoms with Crippen LogP contribution in [0.3, 0.4) is 0 Å². The van der Waals surface area contributed by atoms with Crippen LogP contribution in [-0.2, 0) is 28.9 Å². The molecule has 8 rings (SSSR count). The SMILES string of the molecule is CS(=O)(=O)c1ccc(-c2ccc3cc(O)ccc3c2Oc2ccc(OCCOCCOCCN3CCN(c4ccc5c(c4)C(=O)N(C4NCC(=O)NC4=O)C5=O)CC3)cc2)cc1. The Morgan fingerprint density at radius 1 is 0.710 bits per heavy atom. The van der Waals surface area contributed by atoms with Crippen LogP contribution in [0.2, 0.25) is 0 Å². The Labute approximate surface area is 357 Å². The number of hydrogen-bond donors (Lipinski definition) is 3. The van der Waals surface area contributed by atoms with Crippen molar-refractivity contribution in [3.63, 3.8) is 0 Å². The topological polar surface area (TPSA) is 193 Å². The van der Waals surface area contributed by atoms with E-state index in [2.05, 4.69) is 20.4 Å². The molecule has 1 unspecified atom stereocenters. The van der Waals surface area contributed by atoms with Crippen LogP contribution in [0, 0.1) is 0 Å². The number of imide groups is 2.